The Morgan fingerprint density at radius 1 is 1.25 bits per heavy atom. The molecule has 24 heavy (non-hydrogen) atoms. The lowest BCUT2D eigenvalue weighted by Gasteiger charge is -2.07. The van der Waals surface area contributed by atoms with Crippen molar-refractivity contribution in [3.05, 3.63) is 46.2 Å². The molecule has 1 aromatic carbocycles. The highest BCUT2D eigenvalue weighted by molar-refractivity contribution is 7.12. The van der Waals surface area contributed by atoms with E-state index >= 15 is 0 Å². The molecule has 0 saturated heterocycles. The average Bonchev–Trinajstić information content (AvgIpc) is 3.23. The molecular formula is C18H20N2O3S. The van der Waals surface area contributed by atoms with Crippen LogP contribution in [0.5, 0.6) is 5.75 Å². The maximum Gasteiger partial charge on any atom is 0.228 e. The summed E-state index contributed by atoms with van der Waals surface area (Å²) in [5.41, 5.74) is 5.80. The first-order valence-corrected chi connectivity index (χ1v) is 8.73. The molecule has 0 unspecified atom stereocenters. The number of anilines is 1. The Labute approximate surface area is 144 Å². The molecule has 0 radical (unpaired) electrons. The van der Waals surface area contributed by atoms with E-state index in [0.717, 1.165) is 12.1 Å². The van der Waals surface area contributed by atoms with Crippen LogP contribution in [0.3, 0.4) is 0 Å². The number of thiophene rings is 1. The van der Waals surface area contributed by atoms with Crippen molar-refractivity contribution in [1.82, 2.24) is 0 Å². The highest BCUT2D eigenvalue weighted by atomic mass is 32.1. The molecule has 2 amide bonds. The second kappa shape index (κ2) is 7.05. The quantitative estimate of drug-likeness (QED) is 0.810. The first-order chi connectivity index (χ1) is 11.5. The molecule has 0 aliphatic heterocycles. The van der Waals surface area contributed by atoms with Gasteiger partial charge in [-0.3, -0.25) is 9.59 Å². The molecule has 1 saturated carbocycles. The standard InChI is InChI=1S/C18H20N2O3S/c1-11-2-7-16(24-11)14-10-15(14)18(22)20-12-3-5-13(6-4-12)23-9-8-17(19)21/h2-7,14-15H,8-10H2,1H3,(H2,19,21)(H,20,22)/t14-,15+/m1/s1. The lowest BCUT2D eigenvalue weighted by molar-refractivity contribution is -0.118. The van der Waals surface area contributed by atoms with Crippen molar-refractivity contribution in [2.75, 3.05) is 11.9 Å². The fraction of sp³-hybridized carbons (Fsp3) is 0.333. The summed E-state index contributed by atoms with van der Waals surface area (Å²) in [6.07, 6.45) is 1.10. The molecule has 2 aromatic rings. The Balaban J connectivity index is 1.49. The molecule has 1 fully saturated rings. The van der Waals surface area contributed by atoms with Gasteiger partial charge in [0.15, 0.2) is 0 Å². The number of carbonyl (C=O) groups is 2. The number of carbonyl (C=O) groups excluding carboxylic acids is 2. The number of hydrogen-bond acceptors (Lipinski definition) is 4. The van der Waals surface area contributed by atoms with Crippen molar-refractivity contribution in [2.24, 2.45) is 11.7 Å². The number of amides is 2. The van der Waals surface area contributed by atoms with Gasteiger partial charge in [0.2, 0.25) is 11.8 Å². The van der Waals surface area contributed by atoms with Crippen molar-refractivity contribution in [3.8, 4) is 5.75 Å². The summed E-state index contributed by atoms with van der Waals surface area (Å²) in [7, 11) is 0. The number of nitrogens with two attached hydrogens (primary N) is 1. The van der Waals surface area contributed by atoms with Gasteiger partial charge < -0.3 is 15.8 Å². The second-order valence-corrected chi connectivity index (χ2v) is 7.29. The van der Waals surface area contributed by atoms with E-state index < -0.39 is 0 Å². The van der Waals surface area contributed by atoms with Gasteiger partial charge in [0, 0.05) is 27.3 Å². The molecule has 2 atom stereocenters. The fourth-order valence-corrected chi connectivity index (χ4v) is 3.65. The summed E-state index contributed by atoms with van der Waals surface area (Å²) < 4.78 is 5.40. The van der Waals surface area contributed by atoms with Crippen molar-refractivity contribution in [3.63, 3.8) is 0 Å². The van der Waals surface area contributed by atoms with Crippen LogP contribution in [0.1, 0.15) is 28.5 Å². The van der Waals surface area contributed by atoms with E-state index in [1.54, 1.807) is 35.6 Å². The highest BCUT2D eigenvalue weighted by Crippen LogP contribution is 2.50. The second-order valence-electron chi connectivity index (χ2n) is 5.98. The van der Waals surface area contributed by atoms with Gasteiger partial charge in [-0.2, -0.15) is 0 Å². The minimum atomic E-state index is -0.390. The van der Waals surface area contributed by atoms with Crippen LogP contribution in [0.25, 0.3) is 0 Å². The van der Waals surface area contributed by atoms with Gasteiger partial charge in [-0.15, -0.1) is 11.3 Å². The summed E-state index contributed by atoms with van der Waals surface area (Å²) in [6, 6.07) is 11.3. The molecule has 3 rings (SSSR count). The Kier molecular flexibility index (Phi) is 4.85. The van der Waals surface area contributed by atoms with Crippen LogP contribution in [0.4, 0.5) is 5.69 Å². The average molecular weight is 344 g/mol. The minimum Gasteiger partial charge on any atom is -0.493 e. The van der Waals surface area contributed by atoms with E-state index in [-0.39, 0.29) is 30.8 Å². The van der Waals surface area contributed by atoms with Crippen LogP contribution < -0.4 is 15.8 Å². The Hall–Kier alpha value is -2.34. The van der Waals surface area contributed by atoms with Crippen molar-refractivity contribution < 1.29 is 14.3 Å². The molecular weight excluding hydrogens is 324 g/mol. The molecule has 0 bridgehead atoms. The predicted molar refractivity (Wildman–Crippen MR) is 94.3 cm³/mol. The number of nitrogens with one attached hydrogen (secondary N) is 1. The topological polar surface area (TPSA) is 81.4 Å². The zero-order valence-electron chi connectivity index (χ0n) is 13.5. The zero-order valence-corrected chi connectivity index (χ0v) is 14.3. The number of aryl methyl sites for hydroxylation is 1. The van der Waals surface area contributed by atoms with Gasteiger partial charge in [-0.1, -0.05) is 0 Å². The largest absolute Gasteiger partial charge is 0.493 e. The Bertz CT molecular complexity index is 739. The molecule has 6 heteroatoms. The van der Waals surface area contributed by atoms with E-state index in [2.05, 4.69) is 24.4 Å². The van der Waals surface area contributed by atoms with Crippen LogP contribution >= 0.6 is 11.3 Å². The summed E-state index contributed by atoms with van der Waals surface area (Å²) >= 11 is 1.77. The molecule has 0 spiro atoms. The van der Waals surface area contributed by atoms with Gasteiger partial charge in [-0.25, -0.2) is 0 Å². The number of ether oxygens (including phenoxy) is 1. The van der Waals surface area contributed by atoms with Crippen LogP contribution in [0.15, 0.2) is 36.4 Å². The smallest absolute Gasteiger partial charge is 0.228 e. The van der Waals surface area contributed by atoms with Crippen molar-refractivity contribution in [1.29, 1.82) is 0 Å². The fourth-order valence-electron chi connectivity index (χ4n) is 2.59. The van der Waals surface area contributed by atoms with Crippen LogP contribution in [-0.2, 0) is 9.59 Å². The maximum atomic E-state index is 12.3. The third-order valence-corrected chi connectivity index (χ3v) is 5.13. The first kappa shape index (κ1) is 16.5. The summed E-state index contributed by atoms with van der Waals surface area (Å²) in [6.45, 7) is 2.34. The zero-order chi connectivity index (χ0) is 17.1. The summed E-state index contributed by atoms with van der Waals surface area (Å²) in [5, 5.41) is 2.95. The molecule has 1 heterocycles. The van der Waals surface area contributed by atoms with Crippen molar-refractivity contribution >= 4 is 28.8 Å². The van der Waals surface area contributed by atoms with Crippen LogP contribution in [0.2, 0.25) is 0 Å². The monoisotopic (exact) mass is 344 g/mol. The molecule has 5 nitrogen and oxygen atoms in total. The van der Waals surface area contributed by atoms with E-state index in [9.17, 15) is 9.59 Å². The SMILES string of the molecule is Cc1ccc([C@@H]2C[C@@H]2C(=O)Nc2ccc(OCCC(N)=O)cc2)s1. The predicted octanol–water partition coefficient (Wildman–Crippen LogP) is 3.05. The minimum absolute atomic E-state index is 0.0634. The third-order valence-electron chi connectivity index (χ3n) is 3.99. The normalized spacial score (nSPS) is 18.9. The Morgan fingerprint density at radius 3 is 2.62 bits per heavy atom. The number of rotatable bonds is 7. The molecule has 1 aliphatic carbocycles. The van der Waals surface area contributed by atoms with Crippen molar-refractivity contribution in [2.45, 2.75) is 25.7 Å². The molecule has 1 aliphatic rings. The number of primary amides is 1. The van der Waals surface area contributed by atoms with Gasteiger partial charge in [0.1, 0.15) is 5.75 Å². The highest BCUT2D eigenvalue weighted by Gasteiger charge is 2.44. The molecule has 126 valence electrons. The van der Waals surface area contributed by atoms with Crippen LogP contribution in [0, 0.1) is 12.8 Å². The Morgan fingerprint density at radius 2 is 2.00 bits per heavy atom. The number of hydrogen-bond donors (Lipinski definition) is 2. The molecule has 3 N–H and O–H groups in total. The number of benzene rings is 1. The van der Waals surface area contributed by atoms with E-state index in [1.807, 2.05) is 0 Å². The summed E-state index contributed by atoms with van der Waals surface area (Å²) in [4.78, 5) is 25.5. The van der Waals surface area contributed by atoms with Crippen LogP contribution in [-0.4, -0.2) is 18.4 Å². The van der Waals surface area contributed by atoms with Gasteiger partial charge in [0.05, 0.1) is 13.0 Å². The first-order valence-electron chi connectivity index (χ1n) is 7.91. The maximum absolute atomic E-state index is 12.3. The van der Waals surface area contributed by atoms with E-state index in [4.69, 9.17) is 10.5 Å². The van der Waals surface area contributed by atoms with E-state index in [1.165, 1.54) is 9.75 Å². The third kappa shape index (κ3) is 4.14. The van der Waals surface area contributed by atoms with Gasteiger partial charge >= 0.3 is 0 Å². The molecule has 1 aromatic heterocycles. The van der Waals surface area contributed by atoms with Gasteiger partial charge in [-0.05, 0) is 49.7 Å². The van der Waals surface area contributed by atoms with Gasteiger partial charge in [0.25, 0.3) is 0 Å². The lowest BCUT2D eigenvalue weighted by atomic mass is 10.2. The summed E-state index contributed by atoms with van der Waals surface area (Å²) in [5.74, 6) is 0.745. The lowest BCUT2D eigenvalue weighted by Crippen LogP contribution is -2.15. The van der Waals surface area contributed by atoms with E-state index in [0.29, 0.717) is 11.7 Å².